The number of hydrogen-bond acceptors (Lipinski definition) is 7. The Balaban J connectivity index is 1.27. The van der Waals surface area contributed by atoms with Crippen LogP contribution in [0.15, 0.2) is 48.9 Å². The normalized spacial score (nSPS) is 15.5. The molecular formula is C25H26N8S. The topological polar surface area (TPSA) is 99.8 Å². The molecule has 0 atom stereocenters. The highest BCUT2D eigenvalue weighted by molar-refractivity contribution is 7.17. The lowest BCUT2D eigenvalue weighted by molar-refractivity contribution is 0.420. The van der Waals surface area contributed by atoms with Gasteiger partial charge in [0.25, 0.3) is 0 Å². The predicted octanol–water partition coefficient (Wildman–Crippen LogP) is 4.61. The second-order valence-electron chi connectivity index (χ2n) is 9.07. The van der Waals surface area contributed by atoms with E-state index in [1.807, 2.05) is 36.2 Å². The molecule has 0 radical (unpaired) electrons. The Hall–Kier alpha value is -3.59. The number of aromatic nitrogens is 7. The zero-order valence-corrected chi connectivity index (χ0v) is 19.9. The highest BCUT2D eigenvalue weighted by Gasteiger charge is 2.16. The van der Waals surface area contributed by atoms with Gasteiger partial charge in [-0.1, -0.05) is 42.7 Å². The Labute approximate surface area is 201 Å². The first kappa shape index (κ1) is 21.0. The van der Waals surface area contributed by atoms with Crippen molar-refractivity contribution < 1.29 is 0 Å². The van der Waals surface area contributed by atoms with Gasteiger partial charge in [0.05, 0.1) is 17.4 Å². The summed E-state index contributed by atoms with van der Waals surface area (Å²) in [6.45, 7) is 0. The molecule has 0 amide bonds. The minimum Gasteiger partial charge on any atom is -0.396 e. The molecular weight excluding hydrogens is 444 g/mol. The molecule has 34 heavy (non-hydrogen) atoms. The van der Waals surface area contributed by atoms with E-state index in [0.717, 1.165) is 49.1 Å². The van der Waals surface area contributed by atoms with Crippen LogP contribution in [-0.4, -0.2) is 34.6 Å². The van der Waals surface area contributed by atoms with Crippen LogP contribution in [0.25, 0.3) is 32.7 Å². The second kappa shape index (κ2) is 8.64. The van der Waals surface area contributed by atoms with Gasteiger partial charge in [-0.05, 0) is 42.5 Å². The molecule has 172 valence electrons. The molecule has 0 saturated heterocycles. The zero-order chi connectivity index (χ0) is 23.1. The van der Waals surface area contributed by atoms with Gasteiger partial charge in [0.1, 0.15) is 0 Å². The lowest BCUT2D eigenvalue weighted by Crippen LogP contribution is -2.07. The van der Waals surface area contributed by atoms with Crippen LogP contribution in [0.1, 0.15) is 48.5 Å². The Morgan fingerprint density at radius 3 is 2.82 bits per heavy atom. The maximum atomic E-state index is 6.41. The van der Waals surface area contributed by atoms with Crippen molar-refractivity contribution in [3.63, 3.8) is 0 Å². The van der Waals surface area contributed by atoms with E-state index in [1.54, 1.807) is 4.68 Å². The molecule has 0 aliphatic heterocycles. The van der Waals surface area contributed by atoms with Crippen LogP contribution < -0.4 is 5.73 Å². The molecule has 5 aromatic rings. The molecule has 6 rings (SSSR count). The fourth-order valence-electron chi connectivity index (χ4n) is 4.71. The molecule has 0 unspecified atom stereocenters. The van der Waals surface area contributed by atoms with Crippen molar-refractivity contribution in [2.24, 2.45) is 18.7 Å². The van der Waals surface area contributed by atoms with E-state index in [4.69, 9.17) is 10.8 Å². The number of benzene rings is 1. The lowest BCUT2D eigenvalue weighted by Gasteiger charge is -2.18. The number of aryl methyl sites for hydroxylation is 1. The van der Waals surface area contributed by atoms with Gasteiger partial charge in [0.2, 0.25) is 4.96 Å². The average Bonchev–Trinajstić information content (AvgIpc) is 3.56. The van der Waals surface area contributed by atoms with Crippen molar-refractivity contribution in [3.8, 4) is 11.1 Å². The van der Waals surface area contributed by atoms with Gasteiger partial charge in [-0.2, -0.15) is 14.7 Å². The number of rotatable bonds is 5. The predicted molar refractivity (Wildman–Crippen MR) is 134 cm³/mol. The van der Waals surface area contributed by atoms with E-state index in [1.165, 1.54) is 43.4 Å². The second-order valence-corrected chi connectivity index (χ2v) is 10.0. The molecule has 8 nitrogen and oxygen atoms in total. The summed E-state index contributed by atoms with van der Waals surface area (Å²) in [6, 6.07) is 8.45. The van der Waals surface area contributed by atoms with Crippen LogP contribution in [0.3, 0.4) is 0 Å². The van der Waals surface area contributed by atoms with Crippen molar-refractivity contribution in [3.05, 3.63) is 65.3 Å². The van der Waals surface area contributed by atoms with Crippen LogP contribution in [0.2, 0.25) is 0 Å². The quantitative estimate of drug-likeness (QED) is 0.403. The Morgan fingerprint density at radius 2 is 2.00 bits per heavy atom. The maximum absolute atomic E-state index is 6.41. The van der Waals surface area contributed by atoms with E-state index in [-0.39, 0.29) is 0 Å². The fraction of sp³-hybridized carbons (Fsp3) is 0.320. The van der Waals surface area contributed by atoms with E-state index in [2.05, 4.69) is 44.6 Å². The van der Waals surface area contributed by atoms with Gasteiger partial charge in [-0.15, -0.1) is 10.2 Å². The van der Waals surface area contributed by atoms with Crippen LogP contribution in [-0.2, 0) is 13.5 Å². The molecule has 1 saturated carbocycles. The van der Waals surface area contributed by atoms with Crippen molar-refractivity contribution in [1.29, 1.82) is 0 Å². The summed E-state index contributed by atoms with van der Waals surface area (Å²) in [4.78, 5) is 5.39. The highest BCUT2D eigenvalue weighted by Crippen LogP contribution is 2.28. The minimum absolute atomic E-state index is 0.560. The molecule has 1 aliphatic carbocycles. The first-order chi connectivity index (χ1) is 16.6. The monoisotopic (exact) mass is 470 g/mol. The van der Waals surface area contributed by atoms with Gasteiger partial charge < -0.3 is 5.73 Å². The third-order valence-electron chi connectivity index (χ3n) is 6.51. The lowest BCUT2D eigenvalue weighted by atomic mass is 9.89. The molecule has 1 fully saturated rings. The molecule has 9 heteroatoms. The molecule has 1 aliphatic rings. The minimum atomic E-state index is 0.560. The summed E-state index contributed by atoms with van der Waals surface area (Å²) >= 11 is 1.50. The van der Waals surface area contributed by atoms with Crippen molar-refractivity contribution >= 4 is 32.9 Å². The largest absolute Gasteiger partial charge is 0.396 e. The van der Waals surface area contributed by atoms with Crippen LogP contribution >= 0.6 is 11.3 Å². The first-order valence-electron chi connectivity index (χ1n) is 11.7. The van der Waals surface area contributed by atoms with Crippen LogP contribution in [0.5, 0.6) is 0 Å². The summed E-state index contributed by atoms with van der Waals surface area (Å²) in [5.41, 5.74) is 11.4. The van der Waals surface area contributed by atoms with Gasteiger partial charge in [0.15, 0.2) is 10.8 Å². The van der Waals surface area contributed by atoms with Crippen molar-refractivity contribution in [2.75, 3.05) is 0 Å². The summed E-state index contributed by atoms with van der Waals surface area (Å²) in [7, 11) is 1.92. The van der Waals surface area contributed by atoms with Gasteiger partial charge in [0, 0.05) is 42.4 Å². The van der Waals surface area contributed by atoms with Gasteiger partial charge in [-0.3, -0.25) is 9.67 Å². The molecule has 1 aromatic carbocycles. The standard InChI is InChI=1S/C25H26N8S/c1-32-15-20(14-28-32)19-12-18-9-17(7-8-22(18)27-13-19)11-23-29-30-25-33(23)31-24(34-25)21(26)10-16-5-3-2-4-6-16/h7-10,12-16H,2-6,11,26H2,1H3/b21-10-. The molecule has 2 N–H and O–H groups in total. The average molecular weight is 471 g/mol. The van der Waals surface area contributed by atoms with E-state index < -0.39 is 0 Å². The molecule has 4 heterocycles. The summed E-state index contributed by atoms with van der Waals surface area (Å²) in [6.07, 6.45) is 14.9. The SMILES string of the molecule is Cn1cc(-c2cnc3ccc(Cc4nnc5sc(/C(N)=C/C6CCCCC6)nn45)cc3c2)cn1. The number of allylic oxidation sites excluding steroid dienone is 1. The number of nitrogens with two attached hydrogens (primary N) is 1. The van der Waals surface area contributed by atoms with Gasteiger partial charge >= 0.3 is 0 Å². The maximum Gasteiger partial charge on any atom is 0.235 e. The molecule has 4 aromatic heterocycles. The van der Waals surface area contributed by atoms with E-state index in [0.29, 0.717) is 12.3 Å². The van der Waals surface area contributed by atoms with Crippen molar-refractivity contribution in [1.82, 2.24) is 34.6 Å². The number of pyridine rings is 1. The molecule has 0 spiro atoms. The Kier molecular flexibility index (Phi) is 5.33. The Bertz CT molecular complexity index is 1500. The Morgan fingerprint density at radius 1 is 1.12 bits per heavy atom. The third-order valence-corrected chi connectivity index (χ3v) is 7.46. The highest BCUT2D eigenvalue weighted by atomic mass is 32.1. The smallest absolute Gasteiger partial charge is 0.235 e. The number of fused-ring (bicyclic) bond motifs is 2. The van der Waals surface area contributed by atoms with Gasteiger partial charge in [-0.25, -0.2) is 0 Å². The first-order valence-corrected chi connectivity index (χ1v) is 12.5. The van der Waals surface area contributed by atoms with Crippen molar-refractivity contribution in [2.45, 2.75) is 38.5 Å². The van der Waals surface area contributed by atoms with Crippen LogP contribution in [0, 0.1) is 5.92 Å². The summed E-state index contributed by atoms with van der Waals surface area (Å²) in [5, 5.41) is 19.7. The number of nitrogens with zero attached hydrogens (tertiary/aromatic N) is 7. The summed E-state index contributed by atoms with van der Waals surface area (Å²) in [5.74, 6) is 1.36. The number of hydrogen-bond donors (Lipinski definition) is 1. The fourth-order valence-corrected chi connectivity index (χ4v) is 5.51. The molecule has 0 bridgehead atoms. The van der Waals surface area contributed by atoms with E-state index in [9.17, 15) is 0 Å². The van der Waals surface area contributed by atoms with E-state index >= 15 is 0 Å². The van der Waals surface area contributed by atoms with Crippen LogP contribution in [0.4, 0.5) is 0 Å². The summed E-state index contributed by atoms with van der Waals surface area (Å²) < 4.78 is 3.63. The zero-order valence-electron chi connectivity index (χ0n) is 19.1. The third kappa shape index (κ3) is 4.07.